The highest BCUT2D eigenvalue weighted by Crippen LogP contribution is 2.31. The van der Waals surface area contributed by atoms with E-state index in [2.05, 4.69) is 15.4 Å². The molecular weight excluding hydrogens is 339 g/mol. The van der Waals surface area contributed by atoms with Crippen molar-refractivity contribution < 1.29 is 9.18 Å². The van der Waals surface area contributed by atoms with Crippen LogP contribution in [0.3, 0.4) is 0 Å². The van der Waals surface area contributed by atoms with Gasteiger partial charge in [-0.3, -0.25) is 4.79 Å². The molecule has 1 N–H and O–H groups in total. The maximum Gasteiger partial charge on any atom is 0.266 e. The zero-order valence-electron chi connectivity index (χ0n) is 13.2. The minimum atomic E-state index is -0.489. The Morgan fingerprint density at radius 1 is 1.24 bits per heavy atom. The molecule has 5 nitrogen and oxygen atoms in total. The van der Waals surface area contributed by atoms with E-state index in [1.54, 1.807) is 12.1 Å². The van der Waals surface area contributed by atoms with Crippen molar-refractivity contribution in [3.8, 4) is 5.69 Å². The van der Waals surface area contributed by atoms with E-state index >= 15 is 0 Å². The summed E-state index contributed by atoms with van der Waals surface area (Å²) in [5, 5.41) is 7.72. The first kappa shape index (κ1) is 15.5. The van der Waals surface area contributed by atoms with Crippen LogP contribution in [0.15, 0.2) is 55.1 Å². The van der Waals surface area contributed by atoms with E-state index in [1.165, 1.54) is 34.7 Å². The first-order valence-electron chi connectivity index (χ1n) is 7.57. The molecule has 7 heteroatoms. The Bertz CT molecular complexity index is 1070. The van der Waals surface area contributed by atoms with Crippen molar-refractivity contribution in [2.45, 2.75) is 6.92 Å². The van der Waals surface area contributed by atoms with Crippen molar-refractivity contribution in [2.24, 2.45) is 0 Å². The number of nitrogens with one attached hydrogen (secondary N) is 1. The van der Waals surface area contributed by atoms with Crippen LogP contribution < -0.4 is 5.32 Å². The lowest BCUT2D eigenvalue weighted by Gasteiger charge is -2.07. The number of thiophene rings is 1. The molecular formula is C18H13FN4OS. The molecule has 0 spiro atoms. The third-order valence-electron chi connectivity index (χ3n) is 3.92. The molecule has 4 rings (SSSR count). The molecule has 25 heavy (non-hydrogen) atoms. The van der Waals surface area contributed by atoms with Crippen LogP contribution in [0.4, 0.5) is 10.1 Å². The molecule has 0 saturated heterocycles. The number of halogens is 1. The summed E-state index contributed by atoms with van der Waals surface area (Å²) in [5.41, 5.74) is 1.59. The number of nitrogens with zero attached hydrogens (tertiary/aromatic N) is 3. The Balaban J connectivity index is 1.62. The summed E-state index contributed by atoms with van der Waals surface area (Å²) in [4.78, 5) is 17.0. The van der Waals surface area contributed by atoms with Crippen LogP contribution in [-0.2, 0) is 0 Å². The van der Waals surface area contributed by atoms with Crippen molar-refractivity contribution in [3.05, 3.63) is 71.4 Å². The molecule has 0 unspecified atom stereocenters. The van der Waals surface area contributed by atoms with E-state index < -0.39 is 5.82 Å². The van der Waals surface area contributed by atoms with Gasteiger partial charge in [0.1, 0.15) is 18.3 Å². The van der Waals surface area contributed by atoms with Crippen LogP contribution >= 0.6 is 11.3 Å². The number of hydrogen-bond acceptors (Lipinski definition) is 4. The van der Waals surface area contributed by atoms with E-state index in [0.717, 1.165) is 15.6 Å². The molecule has 0 aliphatic heterocycles. The van der Waals surface area contributed by atoms with Gasteiger partial charge in [0.05, 0.1) is 4.88 Å². The summed E-state index contributed by atoms with van der Waals surface area (Å²) in [5.74, 6) is -0.733. The fourth-order valence-electron chi connectivity index (χ4n) is 2.68. The average Bonchev–Trinajstić information content (AvgIpc) is 3.24. The van der Waals surface area contributed by atoms with Crippen LogP contribution in [0.1, 0.15) is 15.2 Å². The summed E-state index contributed by atoms with van der Waals surface area (Å²) >= 11 is 1.43. The number of carbonyl (C=O) groups is 1. The van der Waals surface area contributed by atoms with Gasteiger partial charge < -0.3 is 5.32 Å². The highest BCUT2D eigenvalue weighted by atomic mass is 32.1. The van der Waals surface area contributed by atoms with Crippen LogP contribution in [0.5, 0.6) is 0 Å². The van der Waals surface area contributed by atoms with Crippen LogP contribution in [0, 0.1) is 12.7 Å². The van der Waals surface area contributed by atoms with Gasteiger partial charge in [0.2, 0.25) is 0 Å². The molecule has 2 heterocycles. The van der Waals surface area contributed by atoms with Gasteiger partial charge in [-0.25, -0.2) is 14.1 Å². The zero-order valence-corrected chi connectivity index (χ0v) is 14.0. The van der Waals surface area contributed by atoms with Crippen molar-refractivity contribution in [2.75, 3.05) is 5.32 Å². The minimum absolute atomic E-state index is 0.244. The quantitative estimate of drug-likeness (QED) is 0.602. The Morgan fingerprint density at radius 3 is 2.80 bits per heavy atom. The molecule has 2 aromatic carbocycles. The lowest BCUT2D eigenvalue weighted by molar-refractivity contribution is 0.103. The second-order valence-corrected chi connectivity index (χ2v) is 6.56. The van der Waals surface area contributed by atoms with E-state index in [-0.39, 0.29) is 11.6 Å². The van der Waals surface area contributed by atoms with E-state index in [4.69, 9.17) is 0 Å². The van der Waals surface area contributed by atoms with Gasteiger partial charge in [-0.15, -0.1) is 11.3 Å². The molecule has 0 radical (unpaired) electrons. The van der Waals surface area contributed by atoms with Gasteiger partial charge in [-0.1, -0.05) is 18.2 Å². The molecule has 0 bridgehead atoms. The van der Waals surface area contributed by atoms with Crippen LogP contribution in [0.2, 0.25) is 0 Å². The van der Waals surface area contributed by atoms with Crippen molar-refractivity contribution in [1.82, 2.24) is 14.8 Å². The maximum atomic E-state index is 14.3. The fraction of sp³-hybridized carbons (Fsp3) is 0.0556. The molecule has 124 valence electrons. The number of aromatic nitrogens is 3. The van der Waals surface area contributed by atoms with Gasteiger partial charge in [-0.2, -0.15) is 5.10 Å². The highest BCUT2D eigenvalue weighted by molar-refractivity contribution is 7.21. The summed E-state index contributed by atoms with van der Waals surface area (Å²) in [6, 6.07) is 12.3. The van der Waals surface area contributed by atoms with Gasteiger partial charge in [0.25, 0.3) is 5.91 Å². The van der Waals surface area contributed by atoms with E-state index in [9.17, 15) is 9.18 Å². The summed E-state index contributed by atoms with van der Waals surface area (Å²) in [6.45, 7) is 1.92. The Labute approximate surface area is 146 Å². The Morgan fingerprint density at radius 2 is 2.08 bits per heavy atom. The van der Waals surface area contributed by atoms with Crippen LogP contribution in [-0.4, -0.2) is 20.7 Å². The number of amides is 1. The standard InChI is InChI=1S/C18H13FN4OS/c1-11-13-4-2-3-5-16(13)25-17(11)18(24)22-12-6-7-15(14(19)8-12)23-10-20-9-21-23/h2-10H,1H3,(H,22,24). The number of rotatable bonds is 3. The zero-order chi connectivity index (χ0) is 17.4. The Kier molecular flexibility index (Phi) is 3.77. The first-order valence-corrected chi connectivity index (χ1v) is 8.39. The third kappa shape index (κ3) is 2.78. The van der Waals surface area contributed by atoms with Gasteiger partial charge in [-0.05, 0) is 42.1 Å². The minimum Gasteiger partial charge on any atom is -0.321 e. The monoisotopic (exact) mass is 352 g/mol. The van der Waals surface area contributed by atoms with E-state index in [1.807, 2.05) is 31.2 Å². The summed E-state index contributed by atoms with van der Waals surface area (Å²) in [7, 11) is 0. The van der Waals surface area contributed by atoms with Crippen LogP contribution in [0.25, 0.3) is 15.8 Å². The SMILES string of the molecule is Cc1c(C(=O)Nc2ccc(-n3cncn3)c(F)c2)sc2ccccc12. The molecule has 2 aromatic heterocycles. The number of anilines is 1. The average molecular weight is 352 g/mol. The van der Waals surface area contributed by atoms with Crippen molar-refractivity contribution >= 4 is 33.0 Å². The summed E-state index contributed by atoms with van der Waals surface area (Å²) in [6.07, 6.45) is 2.75. The molecule has 4 aromatic rings. The second-order valence-electron chi connectivity index (χ2n) is 5.51. The fourth-order valence-corrected chi connectivity index (χ4v) is 3.79. The predicted octanol–water partition coefficient (Wildman–Crippen LogP) is 4.18. The summed E-state index contributed by atoms with van der Waals surface area (Å²) < 4.78 is 16.7. The molecule has 0 aliphatic carbocycles. The number of hydrogen-bond donors (Lipinski definition) is 1. The lowest BCUT2D eigenvalue weighted by atomic mass is 10.1. The molecule has 0 fully saturated rings. The number of fused-ring (bicyclic) bond motifs is 1. The van der Waals surface area contributed by atoms with Crippen molar-refractivity contribution in [1.29, 1.82) is 0 Å². The number of benzene rings is 2. The third-order valence-corrected chi connectivity index (χ3v) is 5.19. The van der Waals surface area contributed by atoms with E-state index in [0.29, 0.717) is 10.6 Å². The van der Waals surface area contributed by atoms with Gasteiger partial charge >= 0.3 is 0 Å². The molecule has 0 aliphatic rings. The number of aryl methyl sites for hydroxylation is 1. The first-order chi connectivity index (χ1) is 12.1. The van der Waals surface area contributed by atoms with Gasteiger partial charge in [0.15, 0.2) is 5.82 Å². The molecule has 0 atom stereocenters. The number of carbonyl (C=O) groups excluding carboxylic acids is 1. The lowest BCUT2D eigenvalue weighted by Crippen LogP contribution is -2.12. The molecule has 1 amide bonds. The largest absolute Gasteiger partial charge is 0.321 e. The normalized spacial score (nSPS) is 11.0. The second kappa shape index (κ2) is 6.10. The highest BCUT2D eigenvalue weighted by Gasteiger charge is 2.16. The topological polar surface area (TPSA) is 59.8 Å². The maximum absolute atomic E-state index is 14.3. The predicted molar refractivity (Wildman–Crippen MR) is 95.8 cm³/mol. The van der Waals surface area contributed by atoms with Crippen molar-refractivity contribution in [3.63, 3.8) is 0 Å². The van der Waals surface area contributed by atoms with Gasteiger partial charge in [0, 0.05) is 10.4 Å². The Hall–Kier alpha value is -3.06. The molecule has 0 saturated carbocycles. The smallest absolute Gasteiger partial charge is 0.266 e.